The van der Waals surface area contributed by atoms with Gasteiger partial charge in [0.25, 0.3) is 11.1 Å². The standard InChI is InChI=1S/C28H26INO8S2/c1-4-36-24-16-19(15-21(29)26(24)38-40(33,34)20-11-9-18(2)10-12-20)17-25-27(31)30(28(32)39-25)13-14-37-23-8-6-5-7-22(23)35-3/h5-12,15-17H,4,13-14H2,1-3H3/b25-17-. The Morgan fingerprint density at radius 1 is 0.975 bits per heavy atom. The maximum atomic E-state index is 13.0. The number of amides is 2. The molecule has 0 saturated carbocycles. The van der Waals surface area contributed by atoms with E-state index < -0.39 is 21.3 Å². The number of carbonyl (C=O) groups is 2. The van der Waals surface area contributed by atoms with Gasteiger partial charge in [0.15, 0.2) is 23.0 Å². The lowest BCUT2D eigenvalue weighted by molar-refractivity contribution is -0.123. The molecule has 0 atom stereocenters. The first-order valence-electron chi connectivity index (χ1n) is 12.1. The van der Waals surface area contributed by atoms with E-state index >= 15 is 0 Å². The number of halogens is 1. The molecule has 0 radical (unpaired) electrons. The monoisotopic (exact) mass is 695 g/mol. The number of benzene rings is 3. The number of ether oxygens (including phenoxy) is 3. The van der Waals surface area contributed by atoms with Gasteiger partial charge >= 0.3 is 10.1 Å². The number of nitrogens with zero attached hydrogens (tertiary/aromatic N) is 1. The fourth-order valence-corrected chi connectivity index (χ4v) is 6.41. The highest BCUT2D eigenvalue weighted by Crippen LogP contribution is 2.39. The number of hydrogen-bond donors (Lipinski definition) is 0. The molecule has 12 heteroatoms. The predicted octanol–water partition coefficient (Wildman–Crippen LogP) is 5.89. The molecule has 40 heavy (non-hydrogen) atoms. The van der Waals surface area contributed by atoms with Crippen molar-refractivity contribution in [2.75, 3.05) is 26.9 Å². The number of carbonyl (C=O) groups excluding carboxylic acids is 2. The Balaban J connectivity index is 1.52. The highest BCUT2D eigenvalue weighted by Gasteiger charge is 2.35. The number of methoxy groups -OCH3 is 1. The average Bonchev–Trinajstić information content (AvgIpc) is 3.18. The third-order valence-corrected chi connectivity index (χ3v) is 8.59. The van der Waals surface area contributed by atoms with Crippen molar-refractivity contribution >= 4 is 61.7 Å². The van der Waals surface area contributed by atoms with Gasteiger partial charge in [0.05, 0.1) is 28.7 Å². The van der Waals surface area contributed by atoms with Crippen LogP contribution in [0.2, 0.25) is 0 Å². The van der Waals surface area contributed by atoms with E-state index in [1.165, 1.54) is 19.2 Å². The van der Waals surface area contributed by atoms with E-state index in [0.717, 1.165) is 22.2 Å². The van der Waals surface area contributed by atoms with Gasteiger partial charge in [-0.1, -0.05) is 29.8 Å². The van der Waals surface area contributed by atoms with Gasteiger partial charge in [0.2, 0.25) is 0 Å². The summed E-state index contributed by atoms with van der Waals surface area (Å²) in [7, 11) is -2.58. The van der Waals surface area contributed by atoms with Crippen LogP contribution in [0.3, 0.4) is 0 Å². The normalized spacial score (nSPS) is 14.5. The first-order chi connectivity index (χ1) is 19.1. The van der Waals surface area contributed by atoms with Crippen LogP contribution in [0.15, 0.2) is 70.5 Å². The number of rotatable bonds is 11. The second-order valence-corrected chi connectivity index (χ2v) is 12.1. The minimum atomic E-state index is -4.11. The largest absolute Gasteiger partial charge is 0.493 e. The second-order valence-electron chi connectivity index (χ2n) is 8.45. The van der Waals surface area contributed by atoms with Gasteiger partial charge in [0, 0.05) is 0 Å². The maximum Gasteiger partial charge on any atom is 0.339 e. The highest BCUT2D eigenvalue weighted by molar-refractivity contribution is 14.1. The van der Waals surface area contributed by atoms with Crippen LogP contribution < -0.4 is 18.4 Å². The van der Waals surface area contributed by atoms with Crippen LogP contribution >= 0.6 is 34.4 Å². The lowest BCUT2D eigenvalue weighted by atomic mass is 10.2. The molecule has 1 saturated heterocycles. The Hall–Kier alpha value is -3.23. The topological polar surface area (TPSA) is 108 Å². The number of para-hydroxylation sites is 2. The highest BCUT2D eigenvalue weighted by atomic mass is 127. The predicted molar refractivity (Wildman–Crippen MR) is 160 cm³/mol. The molecular weight excluding hydrogens is 669 g/mol. The van der Waals surface area contributed by atoms with E-state index in [1.54, 1.807) is 55.5 Å². The van der Waals surface area contributed by atoms with Crippen molar-refractivity contribution in [1.82, 2.24) is 4.90 Å². The van der Waals surface area contributed by atoms with Gasteiger partial charge in [0.1, 0.15) is 11.5 Å². The Labute approximate surface area is 250 Å². The molecule has 0 unspecified atom stereocenters. The van der Waals surface area contributed by atoms with Crippen molar-refractivity contribution < 1.29 is 36.4 Å². The van der Waals surface area contributed by atoms with Crippen molar-refractivity contribution in [2.24, 2.45) is 0 Å². The van der Waals surface area contributed by atoms with Gasteiger partial charge in [-0.15, -0.1) is 0 Å². The van der Waals surface area contributed by atoms with Crippen LogP contribution in [0.5, 0.6) is 23.0 Å². The molecule has 0 aromatic heterocycles. The first-order valence-corrected chi connectivity index (χ1v) is 15.4. The Kier molecular flexibility index (Phi) is 9.64. The summed E-state index contributed by atoms with van der Waals surface area (Å²) in [4.78, 5) is 27.0. The molecule has 1 aliphatic heterocycles. The molecule has 1 aliphatic rings. The van der Waals surface area contributed by atoms with E-state index in [-0.39, 0.29) is 41.1 Å². The summed E-state index contributed by atoms with van der Waals surface area (Å²) in [5, 5.41) is -0.413. The van der Waals surface area contributed by atoms with Crippen LogP contribution in [0.1, 0.15) is 18.1 Å². The third-order valence-electron chi connectivity index (χ3n) is 5.65. The third kappa shape index (κ3) is 6.91. The molecule has 0 aliphatic carbocycles. The molecule has 3 aromatic carbocycles. The first kappa shape index (κ1) is 29.7. The van der Waals surface area contributed by atoms with E-state index in [9.17, 15) is 18.0 Å². The summed E-state index contributed by atoms with van der Waals surface area (Å²) in [5.74, 6) is 0.851. The maximum absolute atomic E-state index is 13.0. The SMILES string of the molecule is CCOc1cc(/C=C2\SC(=O)N(CCOc3ccccc3OC)C2=O)cc(I)c1OS(=O)(=O)c1ccc(C)cc1. The summed E-state index contributed by atoms with van der Waals surface area (Å²) < 4.78 is 48.4. The fourth-order valence-electron chi connectivity index (χ4n) is 3.71. The molecule has 3 aromatic rings. The van der Waals surface area contributed by atoms with E-state index in [4.69, 9.17) is 18.4 Å². The minimum Gasteiger partial charge on any atom is -0.493 e. The average molecular weight is 696 g/mol. The Bertz CT molecular complexity index is 1550. The molecule has 0 spiro atoms. The molecule has 9 nitrogen and oxygen atoms in total. The van der Waals surface area contributed by atoms with Crippen LogP contribution in [0.4, 0.5) is 4.79 Å². The van der Waals surface area contributed by atoms with Crippen molar-refractivity contribution in [3.05, 3.63) is 80.3 Å². The van der Waals surface area contributed by atoms with Crippen molar-refractivity contribution in [1.29, 1.82) is 0 Å². The summed E-state index contributed by atoms with van der Waals surface area (Å²) in [5.41, 5.74) is 1.46. The summed E-state index contributed by atoms with van der Waals surface area (Å²) in [6.07, 6.45) is 1.56. The molecule has 2 amide bonds. The van der Waals surface area contributed by atoms with Crippen LogP contribution in [0.25, 0.3) is 6.08 Å². The van der Waals surface area contributed by atoms with Crippen LogP contribution in [-0.4, -0.2) is 51.3 Å². The summed E-state index contributed by atoms with van der Waals surface area (Å²) >= 11 is 2.77. The van der Waals surface area contributed by atoms with Gasteiger partial charge in [-0.05, 0) is 96.2 Å². The molecule has 0 bridgehead atoms. The second kappa shape index (κ2) is 13.0. The number of hydrogen-bond acceptors (Lipinski definition) is 9. The summed E-state index contributed by atoms with van der Waals surface area (Å²) in [6.45, 7) is 4.03. The molecular formula is C28H26INO8S2. The van der Waals surface area contributed by atoms with Crippen molar-refractivity contribution in [3.63, 3.8) is 0 Å². The van der Waals surface area contributed by atoms with Crippen LogP contribution in [-0.2, 0) is 14.9 Å². The molecule has 1 fully saturated rings. The van der Waals surface area contributed by atoms with E-state index in [2.05, 4.69) is 0 Å². The van der Waals surface area contributed by atoms with E-state index in [1.807, 2.05) is 35.6 Å². The minimum absolute atomic E-state index is 0.0174. The van der Waals surface area contributed by atoms with Gasteiger partial charge in [-0.25, -0.2) is 0 Å². The van der Waals surface area contributed by atoms with Gasteiger partial charge in [-0.2, -0.15) is 8.42 Å². The smallest absolute Gasteiger partial charge is 0.339 e. The van der Waals surface area contributed by atoms with Crippen molar-refractivity contribution in [2.45, 2.75) is 18.7 Å². The zero-order valence-electron chi connectivity index (χ0n) is 21.9. The van der Waals surface area contributed by atoms with E-state index in [0.29, 0.717) is 20.6 Å². The lowest BCUT2D eigenvalue weighted by Crippen LogP contribution is -2.32. The molecule has 0 N–H and O–H groups in total. The zero-order valence-corrected chi connectivity index (χ0v) is 25.7. The van der Waals surface area contributed by atoms with Gasteiger partial charge < -0.3 is 18.4 Å². The van der Waals surface area contributed by atoms with Crippen molar-refractivity contribution in [3.8, 4) is 23.0 Å². The molecule has 4 rings (SSSR count). The number of imide groups is 1. The molecule has 1 heterocycles. The van der Waals surface area contributed by atoms with Crippen LogP contribution in [0, 0.1) is 10.5 Å². The quantitative estimate of drug-likeness (QED) is 0.138. The Morgan fingerprint density at radius 2 is 1.68 bits per heavy atom. The summed E-state index contributed by atoms with van der Waals surface area (Å²) in [6, 6.07) is 16.7. The molecule has 210 valence electrons. The number of thioether (sulfide) groups is 1. The number of aryl methyl sites for hydroxylation is 1. The Morgan fingerprint density at radius 3 is 2.35 bits per heavy atom. The van der Waals surface area contributed by atoms with Gasteiger partial charge in [-0.3, -0.25) is 14.5 Å². The fraction of sp³-hybridized carbons (Fsp3) is 0.214. The lowest BCUT2D eigenvalue weighted by Gasteiger charge is -2.15. The zero-order chi connectivity index (χ0) is 28.9.